The Morgan fingerprint density at radius 2 is 1.92 bits per heavy atom. The van der Waals surface area contributed by atoms with Crippen molar-refractivity contribution in [2.75, 3.05) is 32.4 Å². The molecule has 1 aliphatic rings. The van der Waals surface area contributed by atoms with Crippen LogP contribution in [0.1, 0.15) is 24.1 Å². The van der Waals surface area contributed by atoms with Gasteiger partial charge in [-0.25, -0.2) is 0 Å². The van der Waals surface area contributed by atoms with Gasteiger partial charge in [-0.05, 0) is 42.7 Å². The molecular formula is C21H28N4O. The van der Waals surface area contributed by atoms with E-state index >= 15 is 0 Å². The topological polar surface area (TPSA) is 62.5 Å². The molecule has 0 spiro atoms. The van der Waals surface area contributed by atoms with Crippen molar-refractivity contribution in [2.45, 2.75) is 31.7 Å². The van der Waals surface area contributed by atoms with E-state index < -0.39 is 0 Å². The monoisotopic (exact) mass is 352 g/mol. The first-order valence-electron chi connectivity index (χ1n) is 9.34. The number of piperidine rings is 1. The van der Waals surface area contributed by atoms with Crippen molar-refractivity contribution in [3.63, 3.8) is 0 Å². The minimum Gasteiger partial charge on any atom is -0.399 e. The molecule has 0 radical (unpaired) electrons. The number of anilines is 1. The van der Waals surface area contributed by atoms with Gasteiger partial charge in [-0.3, -0.25) is 9.78 Å². The number of aromatic nitrogens is 1. The molecule has 1 aliphatic heterocycles. The lowest BCUT2D eigenvalue weighted by atomic mass is 10.0. The Bertz CT molecular complexity index is 694. The lowest BCUT2D eigenvalue weighted by Crippen LogP contribution is -2.46. The molecule has 0 saturated carbocycles. The van der Waals surface area contributed by atoms with Gasteiger partial charge in [-0.2, -0.15) is 0 Å². The zero-order chi connectivity index (χ0) is 18.4. The molecule has 3 rings (SSSR count). The second kappa shape index (κ2) is 8.81. The van der Waals surface area contributed by atoms with E-state index in [0.29, 0.717) is 12.5 Å². The number of amides is 1. The maximum Gasteiger partial charge on any atom is 0.226 e. The molecule has 1 amide bonds. The summed E-state index contributed by atoms with van der Waals surface area (Å²) in [5, 5.41) is 0. The maximum absolute atomic E-state index is 12.6. The lowest BCUT2D eigenvalue weighted by molar-refractivity contribution is -0.132. The Morgan fingerprint density at radius 3 is 2.58 bits per heavy atom. The van der Waals surface area contributed by atoms with Crippen LogP contribution in [-0.4, -0.2) is 53.4 Å². The molecular weight excluding hydrogens is 324 g/mol. The van der Waals surface area contributed by atoms with Crippen LogP contribution in [0.25, 0.3) is 0 Å². The Labute approximate surface area is 155 Å². The van der Waals surface area contributed by atoms with E-state index in [9.17, 15) is 4.79 Å². The van der Waals surface area contributed by atoms with Gasteiger partial charge in [0.25, 0.3) is 0 Å². The van der Waals surface area contributed by atoms with Crippen molar-refractivity contribution in [3.05, 3.63) is 59.9 Å². The number of pyridine rings is 1. The molecule has 0 bridgehead atoms. The molecule has 1 saturated heterocycles. The third-order valence-corrected chi connectivity index (χ3v) is 5.24. The van der Waals surface area contributed by atoms with Crippen molar-refractivity contribution in [1.29, 1.82) is 0 Å². The zero-order valence-electron chi connectivity index (χ0n) is 15.5. The Kier molecular flexibility index (Phi) is 6.23. The molecule has 2 N–H and O–H groups in total. The van der Waals surface area contributed by atoms with Gasteiger partial charge >= 0.3 is 0 Å². The SMILES string of the molecule is CN(C(=O)Cc1ccc(N)cc1)C1CCN(CCc2ccccn2)CC1. The summed E-state index contributed by atoms with van der Waals surface area (Å²) in [4.78, 5) is 21.4. The predicted octanol–water partition coefficient (Wildman–Crippen LogP) is 2.37. The van der Waals surface area contributed by atoms with Crippen LogP contribution in [-0.2, 0) is 17.6 Å². The molecule has 1 aromatic heterocycles. The molecule has 2 aromatic rings. The first-order valence-corrected chi connectivity index (χ1v) is 9.34. The van der Waals surface area contributed by atoms with E-state index in [4.69, 9.17) is 5.73 Å². The van der Waals surface area contributed by atoms with E-state index in [0.717, 1.165) is 55.8 Å². The third-order valence-electron chi connectivity index (χ3n) is 5.24. The fourth-order valence-electron chi connectivity index (χ4n) is 3.49. The summed E-state index contributed by atoms with van der Waals surface area (Å²) in [6.07, 6.45) is 5.34. The summed E-state index contributed by atoms with van der Waals surface area (Å²) in [7, 11) is 1.94. The second-order valence-corrected chi connectivity index (χ2v) is 7.07. The average Bonchev–Trinajstić information content (AvgIpc) is 2.69. The molecule has 1 fully saturated rings. The van der Waals surface area contributed by atoms with Gasteiger partial charge in [0.1, 0.15) is 0 Å². The van der Waals surface area contributed by atoms with Crippen molar-refractivity contribution >= 4 is 11.6 Å². The molecule has 138 valence electrons. The van der Waals surface area contributed by atoms with E-state index in [1.54, 1.807) is 0 Å². The number of likely N-dealkylation sites (tertiary alicyclic amines) is 1. The van der Waals surface area contributed by atoms with Gasteiger partial charge in [0, 0.05) is 56.7 Å². The highest BCUT2D eigenvalue weighted by molar-refractivity contribution is 5.79. The van der Waals surface area contributed by atoms with Gasteiger partial charge in [-0.15, -0.1) is 0 Å². The standard InChI is InChI=1S/C21H28N4O/c1-24(21(26)16-17-5-7-18(22)8-6-17)20-10-14-25(15-11-20)13-9-19-4-2-3-12-23-19/h2-8,12,20H,9-11,13-16,22H2,1H3. The molecule has 2 heterocycles. The smallest absolute Gasteiger partial charge is 0.226 e. The van der Waals surface area contributed by atoms with Crippen LogP contribution in [0.4, 0.5) is 5.69 Å². The average molecular weight is 352 g/mol. The summed E-state index contributed by atoms with van der Waals surface area (Å²) in [5.74, 6) is 0.182. The highest BCUT2D eigenvalue weighted by Gasteiger charge is 2.25. The largest absolute Gasteiger partial charge is 0.399 e. The number of carbonyl (C=O) groups is 1. The van der Waals surface area contributed by atoms with Crippen LogP contribution in [0, 0.1) is 0 Å². The Morgan fingerprint density at radius 1 is 1.19 bits per heavy atom. The summed E-state index contributed by atoms with van der Waals surface area (Å²) < 4.78 is 0. The summed E-state index contributed by atoms with van der Waals surface area (Å²) in [5.41, 5.74) is 8.60. The van der Waals surface area contributed by atoms with Crippen LogP contribution >= 0.6 is 0 Å². The van der Waals surface area contributed by atoms with E-state index in [1.807, 2.05) is 54.5 Å². The van der Waals surface area contributed by atoms with Crippen molar-refractivity contribution in [1.82, 2.24) is 14.8 Å². The number of nitrogens with zero attached hydrogens (tertiary/aromatic N) is 3. The Hall–Kier alpha value is -2.40. The molecule has 0 unspecified atom stereocenters. The molecule has 26 heavy (non-hydrogen) atoms. The quantitative estimate of drug-likeness (QED) is 0.811. The highest BCUT2D eigenvalue weighted by atomic mass is 16.2. The zero-order valence-corrected chi connectivity index (χ0v) is 15.5. The molecule has 1 aromatic carbocycles. The van der Waals surface area contributed by atoms with Crippen LogP contribution in [0.2, 0.25) is 0 Å². The number of carbonyl (C=O) groups excluding carboxylic acids is 1. The minimum absolute atomic E-state index is 0.182. The number of hydrogen-bond donors (Lipinski definition) is 1. The van der Waals surface area contributed by atoms with Crippen LogP contribution in [0.3, 0.4) is 0 Å². The number of hydrogen-bond acceptors (Lipinski definition) is 4. The molecule has 0 aliphatic carbocycles. The normalized spacial score (nSPS) is 15.7. The van der Waals surface area contributed by atoms with Crippen LogP contribution in [0.5, 0.6) is 0 Å². The first-order chi connectivity index (χ1) is 12.6. The number of nitrogens with two attached hydrogens (primary N) is 1. The van der Waals surface area contributed by atoms with E-state index in [-0.39, 0.29) is 5.91 Å². The second-order valence-electron chi connectivity index (χ2n) is 7.07. The fourth-order valence-corrected chi connectivity index (χ4v) is 3.49. The number of likely N-dealkylation sites (N-methyl/N-ethyl adjacent to an activating group) is 1. The third kappa shape index (κ3) is 5.05. The van der Waals surface area contributed by atoms with E-state index in [1.165, 1.54) is 0 Å². The van der Waals surface area contributed by atoms with Gasteiger partial charge in [0.05, 0.1) is 6.42 Å². The van der Waals surface area contributed by atoms with Gasteiger partial charge in [-0.1, -0.05) is 18.2 Å². The van der Waals surface area contributed by atoms with Crippen molar-refractivity contribution < 1.29 is 4.79 Å². The van der Waals surface area contributed by atoms with Gasteiger partial charge in [0.15, 0.2) is 0 Å². The van der Waals surface area contributed by atoms with Crippen LogP contribution in [0.15, 0.2) is 48.7 Å². The van der Waals surface area contributed by atoms with Gasteiger partial charge in [0.2, 0.25) is 5.91 Å². The predicted molar refractivity (Wildman–Crippen MR) is 105 cm³/mol. The first kappa shape index (κ1) is 18.4. The van der Waals surface area contributed by atoms with Crippen molar-refractivity contribution in [3.8, 4) is 0 Å². The number of benzene rings is 1. The highest BCUT2D eigenvalue weighted by Crippen LogP contribution is 2.17. The molecule has 5 heteroatoms. The molecule has 0 atom stereocenters. The summed E-state index contributed by atoms with van der Waals surface area (Å²) in [6, 6.07) is 14.0. The number of nitrogen functional groups attached to an aromatic ring is 1. The van der Waals surface area contributed by atoms with E-state index in [2.05, 4.69) is 16.0 Å². The minimum atomic E-state index is 0.182. The Balaban J connectivity index is 1.43. The maximum atomic E-state index is 12.6. The number of rotatable bonds is 6. The van der Waals surface area contributed by atoms with Gasteiger partial charge < -0.3 is 15.5 Å². The summed E-state index contributed by atoms with van der Waals surface area (Å²) >= 11 is 0. The summed E-state index contributed by atoms with van der Waals surface area (Å²) in [6.45, 7) is 3.11. The van der Waals surface area contributed by atoms with Crippen LogP contribution < -0.4 is 5.73 Å². The fraction of sp³-hybridized carbons (Fsp3) is 0.429. The lowest BCUT2D eigenvalue weighted by Gasteiger charge is -2.36. The van der Waals surface area contributed by atoms with Crippen molar-refractivity contribution in [2.24, 2.45) is 0 Å². The molecule has 5 nitrogen and oxygen atoms in total.